The Bertz CT molecular complexity index is 1780. The third kappa shape index (κ3) is 8.18. The molecule has 0 saturated heterocycles. The molecule has 4 rings (SSSR count). The number of carbonyl (C=O) groups excluding carboxylic acids is 4. The van der Waals surface area contributed by atoms with Gasteiger partial charge in [-0.05, 0) is 56.2 Å². The van der Waals surface area contributed by atoms with Crippen molar-refractivity contribution in [1.82, 2.24) is 9.97 Å². The van der Waals surface area contributed by atoms with Gasteiger partial charge in [0.05, 0.1) is 34.8 Å². The first-order chi connectivity index (χ1) is 22.0. The van der Waals surface area contributed by atoms with Crippen LogP contribution in [-0.4, -0.2) is 51.2 Å². The number of amides is 3. The molecule has 0 saturated carbocycles. The normalized spacial score (nSPS) is 10.9. The minimum atomic E-state index is -0.604. The van der Waals surface area contributed by atoms with Gasteiger partial charge in [0.15, 0.2) is 5.16 Å². The first-order valence-corrected chi connectivity index (χ1v) is 16.1. The van der Waals surface area contributed by atoms with E-state index in [1.165, 1.54) is 19.2 Å². The molecule has 0 atom stereocenters. The van der Waals surface area contributed by atoms with Crippen molar-refractivity contribution in [2.45, 2.75) is 58.5 Å². The van der Waals surface area contributed by atoms with Crippen LogP contribution in [0.4, 0.5) is 21.9 Å². The highest BCUT2D eigenvalue weighted by Crippen LogP contribution is 2.39. The van der Waals surface area contributed by atoms with Crippen molar-refractivity contribution < 1.29 is 29.0 Å². The average Bonchev–Trinajstić information content (AvgIpc) is 3.48. The van der Waals surface area contributed by atoms with Crippen LogP contribution in [0, 0.1) is 6.92 Å². The number of phenols is 1. The van der Waals surface area contributed by atoms with E-state index in [2.05, 4.69) is 27.5 Å². The molecule has 0 unspecified atom stereocenters. The van der Waals surface area contributed by atoms with E-state index in [1.54, 1.807) is 55.1 Å². The number of aryl methyl sites for hydroxylation is 1. The highest BCUT2D eigenvalue weighted by Gasteiger charge is 2.25. The zero-order valence-electron chi connectivity index (χ0n) is 26.0. The van der Waals surface area contributed by atoms with Crippen molar-refractivity contribution in [3.8, 4) is 5.75 Å². The van der Waals surface area contributed by atoms with Crippen molar-refractivity contribution in [1.29, 1.82) is 0 Å². The molecule has 0 bridgehead atoms. The summed E-state index contributed by atoms with van der Waals surface area (Å²) in [6, 6.07) is 11.4. The van der Waals surface area contributed by atoms with Gasteiger partial charge in [0.25, 0.3) is 11.1 Å². The second-order valence-electron chi connectivity index (χ2n) is 10.5. The molecule has 3 aromatic carbocycles. The van der Waals surface area contributed by atoms with Gasteiger partial charge < -0.3 is 30.4 Å². The number of phenolic OH excluding ortho intramolecular Hbond substituents is 1. The molecule has 3 amide bonds. The maximum absolute atomic E-state index is 13.8. The summed E-state index contributed by atoms with van der Waals surface area (Å²) in [6.45, 7) is 7.59. The van der Waals surface area contributed by atoms with Crippen LogP contribution in [0.2, 0.25) is 5.02 Å². The number of nitrogens with zero attached hydrogens (tertiary/aromatic N) is 2. The van der Waals surface area contributed by atoms with Gasteiger partial charge in [0, 0.05) is 41.7 Å². The second-order valence-corrected chi connectivity index (χ2v) is 11.9. The van der Waals surface area contributed by atoms with Gasteiger partial charge in [0.2, 0.25) is 5.91 Å². The number of fused-ring (bicyclic) bond motifs is 1. The number of nitrogens with one attached hydrogen (secondary N) is 3. The average molecular weight is 666 g/mol. The van der Waals surface area contributed by atoms with Crippen LogP contribution in [0.1, 0.15) is 72.9 Å². The van der Waals surface area contributed by atoms with Gasteiger partial charge in [-0.15, -0.1) is 0 Å². The lowest BCUT2D eigenvalue weighted by Crippen LogP contribution is -2.29. The molecule has 0 aliphatic heterocycles. The zero-order valence-corrected chi connectivity index (χ0v) is 27.6. The van der Waals surface area contributed by atoms with E-state index < -0.39 is 11.9 Å². The van der Waals surface area contributed by atoms with E-state index >= 15 is 0 Å². The SMILES string of the molecule is CCCCCCN(C(=O)Sc1ncc(C(=O)OCC)[nH]1)c1cccc2c(O)c(C(=O)Nc3cc(NC(C)=O)ccc3Cl)cc(C)c12. The summed E-state index contributed by atoms with van der Waals surface area (Å²) in [5.41, 5.74) is 2.09. The monoisotopic (exact) mass is 665 g/mol. The second kappa shape index (κ2) is 15.6. The number of halogens is 1. The number of carbonyl (C=O) groups is 4. The Morgan fingerprint density at radius 3 is 2.57 bits per heavy atom. The molecule has 0 fully saturated rings. The van der Waals surface area contributed by atoms with E-state index in [0.717, 1.165) is 37.4 Å². The number of aromatic amines is 1. The molecular weight excluding hydrogens is 630 g/mol. The molecule has 242 valence electrons. The summed E-state index contributed by atoms with van der Waals surface area (Å²) in [5, 5.41) is 17.9. The number of imidazole rings is 1. The van der Waals surface area contributed by atoms with E-state index in [-0.39, 0.29) is 50.6 Å². The van der Waals surface area contributed by atoms with Crippen molar-refractivity contribution in [3.05, 3.63) is 70.5 Å². The van der Waals surface area contributed by atoms with Gasteiger partial charge in [0.1, 0.15) is 11.4 Å². The Labute approximate surface area is 276 Å². The Hall–Kier alpha value is -4.55. The summed E-state index contributed by atoms with van der Waals surface area (Å²) < 4.78 is 5.01. The van der Waals surface area contributed by atoms with Gasteiger partial charge in [-0.1, -0.05) is 49.9 Å². The van der Waals surface area contributed by atoms with Gasteiger partial charge >= 0.3 is 5.97 Å². The maximum atomic E-state index is 13.8. The lowest BCUT2D eigenvalue weighted by Gasteiger charge is -2.25. The zero-order chi connectivity index (χ0) is 33.4. The van der Waals surface area contributed by atoms with E-state index in [4.69, 9.17) is 16.3 Å². The van der Waals surface area contributed by atoms with E-state index in [9.17, 15) is 24.3 Å². The Balaban J connectivity index is 1.68. The molecule has 11 nitrogen and oxygen atoms in total. The number of thioether (sulfide) groups is 1. The quantitative estimate of drug-likeness (QED) is 0.0676. The van der Waals surface area contributed by atoms with Crippen LogP contribution >= 0.6 is 23.4 Å². The standard InChI is InChI=1S/C33H36ClN5O6S/c1-5-7-8-9-15-39(33(44)46-32-35-18-26(38-32)31(43)45-6-2)27-12-10-11-22-28(27)19(3)16-23(29(22)41)30(42)37-25-17-21(36-20(4)40)13-14-24(25)34/h10-14,16-18,41H,5-9,15H2,1-4H3,(H,35,38)(H,36,40)(H,37,42). The number of H-pyrrole nitrogens is 1. The van der Waals surface area contributed by atoms with Crippen molar-refractivity contribution >= 4 is 74.2 Å². The van der Waals surface area contributed by atoms with Crippen LogP contribution in [0.15, 0.2) is 53.8 Å². The van der Waals surface area contributed by atoms with Crippen molar-refractivity contribution in [3.63, 3.8) is 0 Å². The molecular formula is C33H36ClN5O6S. The lowest BCUT2D eigenvalue weighted by molar-refractivity contribution is -0.114. The fourth-order valence-corrected chi connectivity index (χ4v) is 5.85. The fraction of sp³-hybridized carbons (Fsp3) is 0.303. The highest BCUT2D eigenvalue weighted by molar-refractivity contribution is 8.13. The lowest BCUT2D eigenvalue weighted by atomic mass is 9.97. The van der Waals surface area contributed by atoms with Crippen LogP contribution < -0.4 is 15.5 Å². The molecule has 0 aliphatic rings. The molecule has 0 aliphatic carbocycles. The molecule has 46 heavy (non-hydrogen) atoms. The predicted molar refractivity (Wildman–Crippen MR) is 181 cm³/mol. The number of benzene rings is 3. The summed E-state index contributed by atoms with van der Waals surface area (Å²) in [6.07, 6.45) is 5.04. The number of hydrogen-bond donors (Lipinski definition) is 4. The molecule has 1 heterocycles. The van der Waals surface area contributed by atoms with Crippen molar-refractivity contribution in [2.24, 2.45) is 0 Å². The first kappa shape index (κ1) is 34.3. The van der Waals surface area contributed by atoms with E-state index in [1.807, 2.05) is 0 Å². The van der Waals surface area contributed by atoms with Crippen LogP contribution in [-0.2, 0) is 9.53 Å². The summed E-state index contributed by atoms with van der Waals surface area (Å²) in [4.78, 5) is 59.4. The van der Waals surface area contributed by atoms with Crippen LogP contribution in [0.5, 0.6) is 5.75 Å². The summed E-state index contributed by atoms with van der Waals surface area (Å²) >= 11 is 7.15. The van der Waals surface area contributed by atoms with Crippen molar-refractivity contribution in [2.75, 3.05) is 28.7 Å². The number of aromatic nitrogens is 2. The number of ether oxygens (including phenoxy) is 1. The summed E-state index contributed by atoms with van der Waals surface area (Å²) in [7, 11) is 0. The minimum absolute atomic E-state index is 0.0143. The molecule has 1 aromatic heterocycles. The molecule has 0 spiro atoms. The molecule has 4 N–H and O–H groups in total. The topological polar surface area (TPSA) is 154 Å². The first-order valence-electron chi connectivity index (χ1n) is 14.9. The number of esters is 1. The van der Waals surface area contributed by atoms with Gasteiger partial charge in [-0.25, -0.2) is 9.78 Å². The summed E-state index contributed by atoms with van der Waals surface area (Å²) in [5.74, 6) is -1.70. The maximum Gasteiger partial charge on any atom is 0.356 e. The minimum Gasteiger partial charge on any atom is -0.506 e. The number of unbranched alkanes of at least 4 members (excludes halogenated alkanes) is 3. The largest absolute Gasteiger partial charge is 0.506 e. The number of anilines is 3. The smallest absolute Gasteiger partial charge is 0.356 e. The molecule has 13 heteroatoms. The van der Waals surface area contributed by atoms with Crippen LogP contribution in [0.3, 0.4) is 0 Å². The van der Waals surface area contributed by atoms with Gasteiger partial charge in [-0.2, -0.15) is 0 Å². The number of hydrogen-bond acceptors (Lipinski definition) is 8. The highest BCUT2D eigenvalue weighted by atomic mass is 35.5. The number of rotatable bonds is 12. The number of aromatic hydroxyl groups is 1. The van der Waals surface area contributed by atoms with E-state index in [0.29, 0.717) is 34.3 Å². The Morgan fingerprint density at radius 1 is 1.07 bits per heavy atom. The van der Waals surface area contributed by atoms with Crippen LogP contribution in [0.25, 0.3) is 10.8 Å². The van der Waals surface area contributed by atoms with Gasteiger partial charge in [-0.3, -0.25) is 14.4 Å². The Kier molecular flexibility index (Phi) is 11.7. The fourth-order valence-electron chi connectivity index (χ4n) is 4.96. The third-order valence-electron chi connectivity index (χ3n) is 7.07. The third-order valence-corrected chi connectivity index (χ3v) is 8.19. The predicted octanol–water partition coefficient (Wildman–Crippen LogP) is 7.92. The molecule has 4 aromatic rings. The molecule has 0 radical (unpaired) electrons. The Morgan fingerprint density at radius 2 is 1.85 bits per heavy atom.